The molecule has 1 unspecified atom stereocenters. The van der Waals surface area contributed by atoms with Crippen LogP contribution in [0.15, 0.2) is 18.2 Å². The average Bonchev–Trinajstić information content (AvgIpc) is 2.21. The molecule has 0 aliphatic rings. The van der Waals surface area contributed by atoms with Crippen molar-refractivity contribution in [2.24, 2.45) is 5.92 Å². The standard InChI is InChI=1S/C13H17IO/c1-4-6-10(3)13(15)11-8-5-7-9(2)12(11)14/h5,7-8,10H,4,6H2,1-3H3. The van der Waals surface area contributed by atoms with Crippen LogP contribution in [0, 0.1) is 16.4 Å². The minimum atomic E-state index is 0.144. The van der Waals surface area contributed by atoms with Gasteiger partial charge in [-0.2, -0.15) is 0 Å². The van der Waals surface area contributed by atoms with Crippen LogP contribution in [0.4, 0.5) is 0 Å². The molecule has 2 heteroatoms. The predicted molar refractivity (Wildman–Crippen MR) is 72.3 cm³/mol. The Balaban J connectivity index is 2.96. The lowest BCUT2D eigenvalue weighted by atomic mass is 9.94. The summed E-state index contributed by atoms with van der Waals surface area (Å²) in [6, 6.07) is 5.94. The van der Waals surface area contributed by atoms with E-state index in [2.05, 4.69) is 29.5 Å². The lowest BCUT2D eigenvalue weighted by molar-refractivity contribution is 0.0922. The summed E-state index contributed by atoms with van der Waals surface area (Å²) in [5, 5.41) is 0. The Morgan fingerprint density at radius 2 is 2.13 bits per heavy atom. The van der Waals surface area contributed by atoms with Gasteiger partial charge in [-0.05, 0) is 41.5 Å². The molecule has 0 fully saturated rings. The van der Waals surface area contributed by atoms with Gasteiger partial charge in [0.15, 0.2) is 5.78 Å². The zero-order chi connectivity index (χ0) is 11.4. The SMILES string of the molecule is CCCC(C)C(=O)c1cccc(C)c1I. The number of halogens is 1. The average molecular weight is 316 g/mol. The van der Waals surface area contributed by atoms with Crippen molar-refractivity contribution in [2.45, 2.75) is 33.6 Å². The summed E-state index contributed by atoms with van der Waals surface area (Å²) in [5.74, 6) is 0.426. The van der Waals surface area contributed by atoms with Gasteiger partial charge in [-0.15, -0.1) is 0 Å². The molecule has 0 N–H and O–H groups in total. The van der Waals surface area contributed by atoms with E-state index in [-0.39, 0.29) is 11.7 Å². The largest absolute Gasteiger partial charge is 0.294 e. The van der Waals surface area contributed by atoms with Crippen molar-refractivity contribution in [3.63, 3.8) is 0 Å². The summed E-state index contributed by atoms with van der Waals surface area (Å²) in [4.78, 5) is 12.1. The molecule has 82 valence electrons. The van der Waals surface area contributed by atoms with Crippen LogP contribution in [0.2, 0.25) is 0 Å². The zero-order valence-corrected chi connectivity index (χ0v) is 11.7. The first-order valence-electron chi connectivity index (χ1n) is 5.37. The van der Waals surface area contributed by atoms with Crippen molar-refractivity contribution in [2.75, 3.05) is 0 Å². The Morgan fingerprint density at radius 3 is 2.73 bits per heavy atom. The van der Waals surface area contributed by atoms with Crippen LogP contribution in [0.3, 0.4) is 0 Å². The van der Waals surface area contributed by atoms with Crippen molar-refractivity contribution in [3.05, 3.63) is 32.9 Å². The van der Waals surface area contributed by atoms with Gasteiger partial charge in [0.05, 0.1) is 0 Å². The number of hydrogen-bond acceptors (Lipinski definition) is 1. The van der Waals surface area contributed by atoms with Gasteiger partial charge in [-0.3, -0.25) is 4.79 Å². The van der Waals surface area contributed by atoms with Crippen LogP contribution in [-0.4, -0.2) is 5.78 Å². The molecular weight excluding hydrogens is 299 g/mol. The van der Waals surface area contributed by atoms with E-state index in [0.29, 0.717) is 0 Å². The smallest absolute Gasteiger partial charge is 0.166 e. The number of aryl methyl sites for hydroxylation is 1. The number of ketones is 1. The van der Waals surface area contributed by atoms with Crippen LogP contribution in [0.25, 0.3) is 0 Å². The fraction of sp³-hybridized carbons (Fsp3) is 0.462. The topological polar surface area (TPSA) is 17.1 Å². The van der Waals surface area contributed by atoms with Crippen LogP contribution in [-0.2, 0) is 0 Å². The quantitative estimate of drug-likeness (QED) is 0.600. The molecule has 0 aromatic heterocycles. The van der Waals surface area contributed by atoms with E-state index in [9.17, 15) is 4.79 Å². The highest BCUT2D eigenvalue weighted by atomic mass is 127. The third-order valence-corrected chi connectivity index (χ3v) is 4.06. The molecule has 1 rings (SSSR count). The minimum Gasteiger partial charge on any atom is -0.294 e. The Morgan fingerprint density at radius 1 is 1.47 bits per heavy atom. The molecule has 1 nitrogen and oxygen atoms in total. The molecule has 1 atom stereocenters. The van der Waals surface area contributed by atoms with E-state index >= 15 is 0 Å². The molecular formula is C13H17IO. The Kier molecular flexibility index (Phi) is 4.77. The second kappa shape index (κ2) is 5.64. The van der Waals surface area contributed by atoms with Crippen LogP contribution in [0.5, 0.6) is 0 Å². The van der Waals surface area contributed by atoms with Crippen molar-refractivity contribution in [1.82, 2.24) is 0 Å². The molecule has 15 heavy (non-hydrogen) atoms. The summed E-state index contributed by atoms with van der Waals surface area (Å²) in [6.45, 7) is 6.18. The second-order valence-corrected chi connectivity index (χ2v) is 5.07. The molecule has 0 bridgehead atoms. The molecule has 0 spiro atoms. The third kappa shape index (κ3) is 3.03. The fourth-order valence-corrected chi connectivity index (χ4v) is 2.29. The number of hydrogen-bond donors (Lipinski definition) is 0. The van der Waals surface area contributed by atoms with E-state index in [1.54, 1.807) is 0 Å². The van der Waals surface area contributed by atoms with Crippen LogP contribution < -0.4 is 0 Å². The summed E-state index contributed by atoms with van der Waals surface area (Å²) < 4.78 is 1.10. The molecule has 0 saturated carbocycles. The van der Waals surface area contributed by atoms with Gasteiger partial charge in [0.2, 0.25) is 0 Å². The molecule has 0 saturated heterocycles. The highest BCUT2D eigenvalue weighted by Crippen LogP contribution is 2.21. The van der Waals surface area contributed by atoms with Crippen LogP contribution >= 0.6 is 22.6 Å². The highest BCUT2D eigenvalue weighted by molar-refractivity contribution is 14.1. The van der Waals surface area contributed by atoms with Crippen molar-refractivity contribution < 1.29 is 4.79 Å². The molecule has 0 amide bonds. The Bertz CT molecular complexity index is 358. The van der Waals surface area contributed by atoms with Gasteiger partial charge in [0, 0.05) is 15.1 Å². The predicted octanol–water partition coefficient (Wildman–Crippen LogP) is 4.22. The monoisotopic (exact) mass is 316 g/mol. The molecule has 1 aromatic rings. The van der Waals surface area contributed by atoms with E-state index in [1.165, 1.54) is 5.56 Å². The number of carbonyl (C=O) groups is 1. The maximum atomic E-state index is 12.1. The molecule has 0 heterocycles. The van der Waals surface area contributed by atoms with E-state index in [1.807, 2.05) is 32.0 Å². The maximum Gasteiger partial charge on any atom is 0.166 e. The number of carbonyl (C=O) groups excluding carboxylic acids is 1. The third-order valence-electron chi connectivity index (χ3n) is 2.63. The fourth-order valence-electron chi connectivity index (χ4n) is 1.67. The van der Waals surface area contributed by atoms with Crippen molar-refractivity contribution >= 4 is 28.4 Å². The lowest BCUT2D eigenvalue weighted by Gasteiger charge is -2.11. The van der Waals surface area contributed by atoms with Gasteiger partial charge in [-0.1, -0.05) is 38.5 Å². The Hall–Kier alpha value is -0.380. The first-order chi connectivity index (χ1) is 7.07. The first kappa shape index (κ1) is 12.7. The van der Waals surface area contributed by atoms with Gasteiger partial charge >= 0.3 is 0 Å². The van der Waals surface area contributed by atoms with Crippen molar-refractivity contribution in [1.29, 1.82) is 0 Å². The van der Waals surface area contributed by atoms with E-state index < -0.39 is 0 Å². The van der Waals surface area contributed by atoms with Gasteiger partial charge in [0.1, 0.15) is 0 Å². The molecule has 0 aliphatic carbocycles. The lowest BCUT2D eigenvalue weighted by Crippen LogP contribution is -2.13. The van der Waals surface area contributed by atoms with E-state index in [0.717, 1.165) is 22.0 Å². The summed E-state index contributed by atoms with van der Waals surface area (Å²) in [6.07, 6.45) is 2.04. The van der Waals surface area contributed by atoms with Crippen molar-refractivity contribution in [3.8, 4) is 0 Å². The second-order valence-electron chi connectivity index (χ2n) is 3.99. The van der Waals surface area contributed by atoms with E-state index in [4.69, 9.17) is 0 Å². The van der Waals surface area contributed by atoms with Gasteiger partial charge in [0.25, 0.3) is 0 Å². The summed E-state index contributed by atoms with van der Waals surface area (Å²) in [5.41, 5.74) is 2.07. The van der Waals surface area contributed by atoms with Crippen LogP contribution in [0.1, 0.15) is 42.6 Å². The zero-order valence-electron chi connectivity index (χ0n) is 9.51. The molecule has 0 aliphatic heterocycles. The highest BCUT2D eigenvalue weighted by Gasteiger charge is 2.17. The molecule has 1 aromatic carbocycles. The molecule has 0 radical (unpaired) electrons. The number of benzene rings is 1. The van der Waals surface area contributed by atoms with Gasteiger partial charge < -0.3 is 0 Å². The maximum absolute atomic E-state index is 12.1. The minimum absolute atomic E-state index is 0.144. The number of Topliss-reactive ketones (excluding diaryl/α,β-unsaturated/α-hetero) is 1. The normalized spacial score (nSPS) is 12.5. The Labute approximate surface area is 105 Å². The summed E-state index contributed by atoms with van der Waals surface area (Å²) in [7, 11) is 0. The summed E-state index contributed by atoms with van der Waals surface area (Å²) >= 11 is 2.26. The number of rotatable bonds is 4. The first-order valence-corrected chi connectivity index (χ1v) is 6.45. The van der Waals surface area contributed by atoms with Gasteiger partial charge in [-0.25, -0.2) is 0 Å².